The number of aromatic nitrogens is 3. The maximum absolute atomic E-state index is 13.3. The lowest BCUT2D eigenvalue weighted by Gasteiger charge is -2.11. The highest BCUT2D eigenvalue weighted by molar-refractivity contribution is 7.91. The van der Waals surface area contributed by atoms with Gasteiger partial charge in [0, 0.05) is 6.20 Å². The van der Waals surface area contributed by atoms with E-state index in [1.807, 2.05) is 43.3 Å². The maximum atomic E-state index is 13.3. The number of hydrogen-bond acceptors (Lipinski definition) is 5. The van der Waals surface area contributed by atoms with E-state index in [2.05, 4.69) is 15.0 Å². The molecule has 140 valence electrons. The number of rotatable bonds is 4. The molecule has 7 heteroatoms. The molecular weight excluding hydrogens is 374 g/mol. The predicted octanol–water partition coefficient (Wildman–Crippen LogP) is 3.89. The van der Waals surface area contributed by atoms with Crippen molar-refractivity contribution in [2.24, 2.45) is 0 Å². The monoisotopic (exact) mass is 391 g/mol. The smallest absolute Gasteiger partial charge is 0.337 e. The highest BCUT2D eigenvalue weighted by Crippen LogP contribution is 2.30. The van der Waals surface area contributed by atoms with Gasteiger partial charge >= 0.3 is 11.1 Å². The molecule has 0 saturated heterocycles. The molecule has 6 nitrogen and oxygen atoms in total. The Labute approximate surface area is 164 Å². The Balaban J connectivity index is 1.76. The molecule has 4 aromatic rings. The molecule has 0 saturated carbocycles. The Morgan fingerprint density at radius 1 is 1.14 bits per heavy atom. The summed E-state index contributed by atoms with van der Waals surface area (Å²) in [5.41, 5.74) is 4.26. The molecule has 0 amide bonds. The third-order valence-electron chi connectivity index (χ3n) is 4.34. The van der Waals surface area contributed by atoms with E-state index in [0.717, 1.165) is 16.8 Å². The predicted molar refractivity (Wildman–Crippen MR) is 107 cm³/mol. The van der Waals surface area contributed by atoms with Gasteiger partial charge in [-0.05, 0) is 55.0 Å². The third kappa shape index (κ3) is 3.37. The fraction of sp³-hybridized carbons (Fsp3) is 0.0952. The minimum absolute atomic E-state index is 0.317. The Kier molecular flexibility index (Phi) is 4.85. The molecule has 4 rings (SSSR count). The number of aryl methyl sites for hydroxylation is 1. The number of fused-ring (bicyclic) bond motifs is 1. The van der Waals surface area contributed by atoms with E-state index in [1.165, 1.54) is 7.11 Å². The van der Waals surface area contributed by atoms with Crippen LogP contribution in [0.4, 0.5) is 0 Å². The number of esters is 1. The van der Waals surface area contributed by atoms with Crippen molar-refractivity contribution in [2.75, 3.05) is 7.11 Å². The summed E-state index contributed by atoms with van der Waals surface area (Å²) >= 11 is -1.54. The van der Waals surface area contributed by atoms with Crippen molar-refractivity contribution in [2.45, 2.75) is 17.0 Å². The second-order valence-corrected chi connectivity index (χ2v) is 7.61. The first-order valence-electron chi connectivity index (χ1n) is 8.59. The molecule has 1 N–H and O–H groups in total. The molecule has 0 spiro atoms. The normalized spacial score (nSPS) is 12.1. The SMILES string of the molecule is COC(=O)c1ccc2[nH]c([S+]([O-])c3ccccc3-c3cc(C)ccn3)nc2c1. The number of nitrogens with zero attached hydrogens (tertiary/aromatic N) is 2. The number of carbonyl (C=O) groups is 1. The first kappa shape index (κ1) is 18.2. The van der Waals surface area contributed by atoms with Crippen LogP contribution in [0.15, 0.2) is 70.8 Å². The quantitative estimate of drug-likeness (QED) is 0.421. The van der Waals surface area contributed by atoms with Crippen molar-refractivity contribution in [3.8, 4) is 11.3 Å². The van der Waals surface area contributed by atoms with Crippen LogP contribution in [0.1, 0.15) is 15.9 Å². The summed E-state index contributed by atoms with van der Waals surface area (Å²) in [4.78, 5) is 24.3. The first-order chi connectivity index (χ1) is 13.6. The third-order valence-corrected chi connectivity index (χ3v) is 5.64. The molecule has 0 bridgehead atoms. The molecule has 1 unspecified atom stereocenters. The molecule has 1 atom stereocenters. The van der Waals surface area contributed by atoms with Crippen molar-refractivity contribution < 1.29 is 14.1 Å². The van der Waals surface area contributed by atoms with E-state index in [-0.39, 0.29) is 0 Å². The van der Waals surface area contributed by atoms with E-state index in [4.69, 9.17) is 4.74 Å². The number of H-pyrrole nitrogens is 1. The summed E-state index contributed by atoms with van der Waals surface area (Å²) in [6.07, 6.45) is 1.74. The fourth-order valence-electron chi connectivity index (χ4n) is 2.94. The second kappa shape index (κ2) is 7.46. The van der Waals surface area contributed by atoms with Gasteiger partial charge in [0.25, 0.3) is 0 Å². The van der Waals surface area contributed by atoms with Crippen LogP contribution in [-0.4, -0.2) is 32.6 Å². The number of nitrogens with one attached hydrogen (secondary N) is 1. The number of aromatic amines is 1. The van der Waals surface area contributed by atoms with Crippen LogP contribution < -0.4 is 0 Å². The van der Waals surface area contributed by atoms with Crippen molar-refractivity contribution >= 4 is 28.2 Å². The maximum Gasteiger partial charge on any atom is 0.337 e. The van der Waals surface area contributed by atoms with E-state index in [1.54, 1.807) is 24.4 Å². The highest BCUT2D eigenvalue weighted by atomic mass is 32.2. The van der Waals surface area contributed by atoms with Crippen LogP contribution in [0.25, 0.3) is 22.3 Å². The zero-order chi connectivity index (χ0) is 19.7. The van der Waals surface area contributed by atoms with Crippen LogP contribution in [0.2, 0.25) is 0 Å². The molecule has 0 aliphatic rings. The number of methoxy groups -OCH3 is 1. The topological polar surface area (TPSA) is 90.9 Å². The van der Waals surface area contributed by atoms with Gasteiger partial charge in [0.15, 0.2) is 4.90 Å². The van der Waals surface area contributed by atoms with E-state index < -0.39 is 17.1 Å². The van der Waals surface area contributed by atoms with Gasteiger partial charge in [-0.1, -0.05) is 12.1 Å². The van der Waals surface area contributed by atoms with E-state index in [0.29, 0.717) is 26.6 Å². The highest BCUT2D eigenvalue weighted by Gasteiger charge is 2.24. The van der Waals surface area contributed by atoms with Crippen molar-refractivity contribution in [3.63, 3.8) is 0 Å². The van der Waals surface area contributed by atoms with Crippen LogP contribution in [0, 0.1) is 6.92 Å². The Morgan fingerprint density at radius 3 is 2.75 bits per heavy atom. The second-order valence-electron chi connectivity index (χ2n) is 6.25. The van der Waals surface area contributed by atoms with Gasteiger partial charge < -0.3 is 9.29 Å². The van der Waals surface area contributed by atoms with Gasteiger partial charge in [-0.3, -0.25) is 9.97 Å². The van der Waals surface area contributed by atoms with Gasteiger partial charge in [-0.25, -0.2) is 4.79 Å². The minimum atomic E-state index is -1.54. The molecular formula is C21H17N3O3S. The van der Waals surface area contributed by atoms with E-state index in [9.17, 15) is 9.35 Å². The molecule has 0 fully saturated rings. The standard InChI is InChI=1S/C21H17N3O3S/c1-13-9-10-22-17(11-13)15-5-3-4-6-19(15)28(26)21-23-16-8-7-14(20(25)27-2)12-18(16)24-21/h3-12H,1-2H3,(H,23,24). The van der Waals surface area contributed by atoms with Gasteiger partial charge in [-0.2, -0.15) is 4.98 Å². The van der Waals surface area contributed by atoms with Crippen LogP contribution in [0.5, 0.6) is 0 Å². The minimum Gasteiger partial charge on any atom is -0.604 e. The molecule has 28 heavy (non-hydrogen) atoms. The summed E-state index contributed by atoms with van der Waals surface area (Å²) < 4.78 is 18.0. The molecule has 0 radical (unpaired) electrons. The number of carbonyl (C=O) groups excluding carboxylic acids is 1. The Bertz CT molecular complexity index is 1170. The largest absolute Gasteiger partial charge is 0.604 e. The van der Waals surface area contributed by atoms with Crippen molar-refractivity contribution in [1.29, 1.82) is 0 Å². The van der Waals surface area contributed by atoms with Crippen LogP contribution >= 0.6 is 0 Å². The van der Waals surface area contributed by atoms with Crippen molar-refractivity contribution in [3.05, 3.63) is 71.9 Å². The Morgan fingerprint density at radius 2 is 1.96 bits per heavy atom. The summed E-state index contributed by atoms with van der Waals surface area (Å²) in [6.45, 7) is 1.99. The van der Waals surface area contributed by atoms with Gasteiger partial charge in [0.05, 0.1) is 46.1 Å². The number of hydrogen-bond donors (Lipinski definition) is 1. The Hall–Kier alpha value is -3.16. The average Bonchev–Trinajstić information content (AvgIpc) is 3.16. The molecule has 2 aromatic carbocycles. The van der Waals surface area contributed by atoms with Crippen molar-refractivity contribution in [1.82, 2.24) is 15.0 Å². The average molecular weight is 391 g/mol. The lowest BCUT2D eigenvalue weighted by atomic mass is 10.1. The lowest BCUT2D eigenvalue weighted by Crippen LogP contribution is -2.06. The summed E-state index contributed by atoms with van der Waals surface area (Å²) in [7, 11) is 1.33. The van der Waals surface area contributed by atoms with Crippen LogP contribution in [0.3, 0.4) is 0 Å². The molecule has 0 aliphatic heterocycles. The zero-order valence-corrected chi connectivity index (χ0v) is 16.1. The van der Waals surface area contributed by atoms with Gasteiger partial charge in [0.2, 0.25) is 0 Å². The lowest BCUT2D eigenvalue weighted by molar-refractivity contribution is 0.0601. The van der Waals surface area contributed by atoms with E-state index >= 15 is 0 Å². The number of pyridine rings is 1. The summed E-state index contributed by atoms with van der Waals surface area (Å²) in [5.74, 6) is -0.441. The number of imidazole rings is 1. The van der Waals surface area contributed by atoms with Gasteiger partial charge in [-0.15, -0.1) is 0 Å². The number of benzene rings is 2. The fourth-order valence-corrected chi connectivity index (χ4v) is 4.11. The van der Waals surface area contributed by atoms with Crippen LogP contribution in [-0.2, 0) is 15.9 Å². The number of ether oxygens (including phenoxy) is 1. The zero-order valence-electron chi connectivity index (χ0n) is 15.3. The molecule has 0 aliphatic carbocycles. The van der Waals surface area contributed by atoms with Gasteiger partial charge in [0.1, 0.15) is 0 Å². The molecule has 2 heterocycles. The summed E-state index contributed by atoms with van der Waals surface area (Å²) in [6, 6.07) is 16.3. The molecule has 2 aromatic heterocycles. The summed E-state index contributed by atoms with van der Waals surface area (Å²) in [5, 5.41) is 0.317. The first-order valence-corrected chi connectivity index (χ1v) is 9.74.